The SMILES string of the molecule is CCCc1ccccc1[C@H]1CC(=O)c2ccc(OS(=O)(=O)NC)cc2O1. The first-order valence-corrected chi connectivity index (χ1v) is 9.89. The van der Waals surface area contributed by atoms with E-state index >= 15 is 0 Å². The van der Waals surface area contributed by atoms with Crippen LogP contribution in [0.25, 0.3) is 0 Å². The third-order valence-corrected chi connectivity index (χ3v) is 5.18. The summed E-state index contributed by atoms with van der Waals surface area (Å²) in [5.74, 6) is 0.389. The summed E-state index contributed by atoms with van der Waals surface area (Å²) < 4.78 is 36.2. The summed E-state index contributed by atoms with van der Waals surface area (Å²) in [5.41, 5.74) is 2.58. The third kappa shape index (κ3) is 3.89. The molecule has 1 aliphatic rings. The van der Waals surface area contributed by atoms with Gasteiger partial charge in [0.05, 0.1) is 12.0 Å². The van der Waals surface area contributed by atoms with Crippen molar-refractivity contribution >= 4 is 16.1 Å². The van der Waals surface area contributed by atoms with Gasteiger partial charge in [0.1, 0.15) is 17.6 Å². The lowest BCUT2D eigenvalue weighted by atomic mass is 9.92. The van der Waals surface area contributed by atoms with Gasteiger partial charge in [0.2, 0.25) is 0 Å². The molecule has 0 saturated carbocycles. The standard InChI is InChI=1S/C19H21NO5S/c1-3-6-13-7-4-5-8-15(13)19-12-17(21)16-10-9-14(11-18(16)24-19)25-26(22,23)20-2/h4-5,7-11,19-20H,3,6,12H2,1-2H3/t19-/m1/s1. The summed E-state index contributed by atoms with van der Waals surface area (Å²) in [6.45, 7) is 2.10. The quantitative estimate of drug-likeness (QED) is 0.838. The van der Waals surface area contributed by atoms with Crippen LogP contribution in [-0.4, -0.2) is 21.2 Å². The average Bonchev–Trinajstić information content (AvgIpc) is 2.62. The molecule has 0 saturated heterocycles. The van der Waals surface area contributed by atoms with Crippen LogP contribution in [-0.2, 0) is 16.7 Å². The topological polar surface area (TPSA) is 81.7 Å². The van der Waals surface area contributed by atoms with Crippen molar-refractivity contribution in [3.8, 4) is 11.5 Å². The van der Waals surface area contributed by atoms with Gasteiger partial charge in [-0.25, -0.2) is 0 Å². The molecule has 1 aliphatic heterocycles. The number of carbonyl (C=O) groups excluding carboxylic acids is 1. The fourth-order valence-electron chi connectivity index (χ4n) is 3.04. The first kappa shape index (κ1) is 18.4. The largest absolute Gasteiger partial charge is 0.484 e. The molecule has 0 fully saturated rings. The second-order valence-electron chi connectivity index (χ2n) is 6.08. The number of nitrogens with one attached hydrogen (secondary N) is 1. The lowest BCUT2D eigenvalue weighted by Crippen LogP contribution is -2.25. The molecule has 0 spiro atoms. The number of fused-ring (bicyclic) bond motifs is 1. The number of hydrogen-bond donors (Lipinski definition) is 1. The van der Waals surface area contributed by atoms with E-state index in [-0.39, 0.29) is 18.0 Å². The zero-order chi connectivity index (χ0) is 18.7. The van der Waals surface area contributed by atoms with Crippen LogP contribution in [0, 0.1) is 0 Å². The number of aryl methyl sites for hydroxylation is 1. The van der Waals surface area contributed by atoms with Crippen molar-refractivity contribution in [2.45, 2.75) is 32.3 Å². The Balaban J connectivity index is 1.93. The highest BCUT2D eigenvalue weighted by Crippen LogP contribution is 2.38. The second-order valence-corrected chi connectivity index (χ2v) is 7.57. The molecule has 26 heavy (non-hydrogen) atoms. The van der Waals surface area contributed by atoms with E-state index in [1.54, 1.807) is 0 Å². The number of rotatable bonds is 6. The van der Waals surface area contributed by atoms with E-state index in [2.05, 4.69) is 11.6 Å². The van der Waals surface area contributed by atoms with Crippen LogP contribution in [0.5, 0.6) is 11.5 Å². The van der Waals surface area contributed by atoms with Gasteiger partial charge >= 0.3 is 10.3 Å². The number of hydrogen-bond acceptors (Lipinski definition) is 5. The maximum absolute atomic E-state index is 12.5. The van der Waals surface area contributed by atoms with Crippen LogP contribution in [0.4, 0.5) is 0 Å². The third-order valence-electron chi connectivity index (χ3n) is 4.27. The van der Waals surface area contributed by atoms with Crippen LogP contribution in [0.1, 0.15) is 47.4 Å². The van der Waals surface area contributed by atoms with E-state index in [9.17, 15) is 13.2 Å². The lowest BCUT2D eigenvalue weighted by Gasteiger charge is -2.27. The van der Waals surface area contributed by atoms with Crippen LogP contribution in [0.15, 0.2) is 42.5 Å². The summed E-state index contributed by atoms with van der Waals surface area (Å²) in [6, 6.07) is 12.3. The normalized spacial score (nSPS) is 16.7. The van der Waals surface area contributed by atoms with Crippen molar-refractivity contribution < 1.29 is 22.1 Å². The Bertz CT molecular complexity index is 923. The predicted octanol–water partition coefficient (Wildman–Crippen LogP) is 3.19. The van der Waals surface area contributed by atoms with Crippen molar-refractivity contribution in [3.63, 3.8) is 0 Å². The molecule has 0 aliphatic carbocycles. The van der Waals surface area contributed by atoms with Gasteiger partial charge in [0.15, 0.2) is 5.78 Å². The number of Topliss-reactive ketones (excluding diaryl/α,β-unsaturated/α-hetero) is 1. The Morgan fingerprint density at radius 1 is 1.23 bits per heavy atom. The van der Waals surface area contributed by atoms with Crippen molar-refractivity contribution in [1.29, 1.82) is 0 Å². The maximum atomic E-state index is 12.5. The fourth-order valence-corrected chi connectivity index (χ4v) is 3.48. The first-order chi connectivity index (χ1) is 12.4. The molecule has 0 aromatic heterocycles. The number of benzene rings is 2. The van der Waals surface area contributed by atoms with Gasteiger partial charge in [-0.05, 0) is 29.7 Å². The maximum Gasteiger partial charge on any atom is 0.382 e. The van der Waals surface area contributed by atoms with E-state index in [1.165, 1.54) is 25.2 Å². The molecule has 1 N–H and O–H groups in total. The van der Waals surface area contributed by atoms with Gasteiger partial charge in [-0.1, -0.05) is 37.6 Å². The van der Waals surface area contributed by atoms with Gasteiger partial charge in [0.25, 0.3) is 0 Å². The minimum atomic E-state index is -3.88. The fraction of sp³-hybridized carbons (Fsp3) is 0.316. The van der Waals surface area contributed by atoms with Gasteiger partial charge in [-0.2, -0.15) is 13.1 Å². The molecule has 0 radical (unpaired) electrons. The molecule has 1 heterocycles. The number of carbonyl (C=O) groups is 1. The van der Waals surface area contributed by atoms with E-state index in [4.69, 9.17) is 8.92 Å². The molecule has 3 rings (SSSR count). The van der Waals surface area contributed by atoms with Crippen LogP contribution in [0.3, 0.4) is 0 Å². The number of ether oxygens (including phenoxy) is 1. The molecular formula is C19H21NO5S. The predicted molar refractivity (Wildman–Crippen MR) is 97.8 cm³/mol. The van der Waals surface area contributed by atoms with Gasteiger partial charge < -0.3 is 8.92 Å². The van der Waals surface area contributed by atoms with Gasteiger partial charge in [0, 0.05) is 13.1 Å². The van der Waals surface area contributed by atoms with E-state index in [1.807, 2.05) is 24.3 Å². The molecule has 2 aromatic carbocycles. The highest BCUT2D eigenvalue weighted by atomic mass is 32.2. The van der Waals surface area contributed by atoms with Crippen molar-refractivity contribution in [1.82, 2.24) is 4.72 Å². The van der Waals surface area contributed by atoms with Crippen LogP contribution in [0.2, 0.25) is 0 Å². The molecule has 1 atom stereocenters. The van der Waals surface area contributed by atoms with E-state index < -0.39 is 16.4 Å². The highest BCUT2D eigenvalue weighted by molar-refractivity contribution is 7.85. The summed E-state index contributed by atoms with van der Waals surface area (Å²) in [7, 11) is -2.62. The molecule has 0 amide bonds. The summed E-state index contributed by atoms with van der Waals surface area (Å²) >= 11 is 0. The molecule has 138 valence electrons. The van der Waals surface area contributed by atoms with Crippen molar-refractivity contribution in [3.05, 3.63) is 59.2 Å². The van der Waals surface area contributed by atoms with Crippen molar-refractivity contribution in [2.75, 3.05) is 7.05 Å². The smallest absolute Gasteiger partial charge is 0.382 e. The molecule has 2 aromatic rings. The van der Waals surface area contributed by atoms with Crippen LogP contribution < -0.4 is 13.6 Å². The first-order valence-electron chi connectivity index (χ1n) is 8.48. The number of ketones is 1. The summed E-state index contributed by atoms with van der Waals surface area (Å²) in [5, 5.41) is 0. The second kappa shape index (κ2) is 7.47. The monoisotopic (exact) mass is 375 g/mol. The summed E-state index contributed by atoms with van der Waals surface area (Å²) in [4.78, 5) is 12.5. The Kier molecular flexibility index (Phi) is 5.29. The molecule has 7 heteroatoms. The van der Waals surface area contributed by atoms with Gasteiger partial charge in [-0.3, -0.25) is 4.79 Å². The minimum Gasteiger partial charge on any atom is -0.484 e. The Labute approximate surface area is 153 Å². The Hall–Kier alpha value is -2.38. The Morgan fingerprint density at radius 3 is 2.73 bits per heavy atom. The lowest BCUT2D eigenvalue weighted by molar-refractivity contribution is 0.0849. The van der Waals surface area contributed by atoms with E-state index in [0.29, 0.717) is 11.3 Å². The van der Waals surface area contributed by atoms with Crippen LogP contribution >= 0.6 is 0 Å². The molecule has 6 nitrogen and oxygen atoms in total. The average molecular weight is 375 g/mol. The van der Waals surface area contributed by atoms with Crippen molar-refractivity contribution in [2.24, 2.45) is 0 Å². The molecular weight excluding hydrogens is 354 g/mol. The highest BCUT2D eigenvalue weighted by Gasteiger charge is 2.29. The zero-order valence-corrected chi connectivity index (χ0v) is 15.5. The summed E-state index contributed by atoms with van der Waals surface area (Å²) in [6.07, 6.45) is 1.76. The Morgan fingerprint density at radius 2 is 2.00 bits per heavy atom. The van der Waals surface area contributed by atoms with E-state index in [0.717, 1.165) is 24.0 Å². The molecule has 0 bridgehead atoms. The molecule has 0 unspecified atom stereocenters. The minimum absolute atomic E-state index is 0.0365. The van der Waals surface area contributed by atoms with Gasteiger partial charge in [-0.15, -0.1) is 0 Å². The zero-order valence-electron chi connectivity index (χ0n) is 14.7.